The van der Waals surface area contributed by atoms with Crippen molar-refractivity contribution < 1.29 is 4.74 Å². The Morgan fingerprint density at radius 2 is 2.04 bits per heavy atom. The van der Waals surface area contributed by atoms with Gasteiger partial charge in [0.15, 0.2) is 0 Å². The highest BCUT2D eigenvalue weighted by Crippen LogP contribution is 2.37. The second-order valence-electron chi connectivity index (χ2n) is 6.52. The van der Waals surface area contributed by atoms with Crippen LogP contribution in [0.2, 0.25) is 0 Å². The number of nitrogens with zero attached hydrogens (tertiary/aromatic N) is 5. The SMILES string of the molecule is COc1ccc(-c2nccn2CCN(C)C)cc1-c1ncnc2ccsc12. The summed E-state index contributed by atoms with van der Waals surface area (Å²) in [7, 11) is 5.83. The van der Waals surface area contributed by atoms with E-state index >= 15 is 0 Å². The van der Waals surface area contributed by atoms with Crippen molar-refractivity contribution >= 4 is 21.6 Å². The highest BCUT2D eigenvalue weighted by Gasteiger charge is 2.16. The minimum atomic E-state index is 0.790. The first-order chi connectivity index (χ1) is 13.2. The molecule has 7 heteroatoms. The van der Waals surface area contributed by atoms with E-state index in [1.54, 1.807) is 24.8 Å². The third-order valence-corrected chi connectivity index (χ3v) is 5.37. The van der Waals surface area contributed by atoms with Crippen molar-refractivity contribution in [3.63, 3.8) is 0 Å². The largest absolute Gasteiger partial charge is 0.496 e. The van der Waals surface area contributed by atoms with Gasteiger partial charge in [-0.15, -0.1) is 11.3 Å². The Kier molecular flexibility index (Phi) is 4.87. The van der Waals surface area contributed by atoms with E-state index in [4.69, 9.17) is 4.74 Å². The van der Waals surface area contributed by atoms with Crippen molar-refractivity contribution in [3.8, 4) is 28.4 Å². The van der Waals surface area contributed by atoms with Crippen LogP contribution in [-0.4, -0.2) is 52.2 Å². The molecule has 4 rings (SSSR count). The molecular formula is C20H21N5OS. The first-order valence-corrected chi connectivity index (χ1v) is 9.58. The summed E-state index contributed by atoms with van der Waals surface area (Å²) < 4.78 is 8.85. The number of hydrogen-bond donors (Lipinski definition) is 0. The summed E-state index contributed by atoms with van der Waals surface area (Å²) in [5.74, 6) is 1.73. The van der Waals surface area contributed by atoms with Crippen LogP contribution in [0, 0.1) is 0 Å². The maximum absolute atomic E-state index is 5.62. The summed E-state index contributed by atoms with van der Waals surface area (Å²) >= 11 is 1.64. The number of methoxy groups -OCH3 is 1. The zero-order valence-electron chi connectivity index (χ0n) is 15.6. The first kappa shape index (κ1) is 17.6. The van der Waals surface area contributed by atoms with Gasteiger partial charge in [0.1, 0.15) is 17.9 Å². The van der Waals surface area contributed by atoms with E-state index in [2.05, 4.69) is 44.6 Å². The second kappa shape index (κ2) is 7.46. The number of fused-ring (bicyclic) bond motifs is 1. The number of benzene rings is 1. The van der Waals surface area contributed by atoms with Gasteiger partial charge >= 0.3 is 0 Å². The second-order valence-corrected chi connectivity index (χ2v) is 7.44. The molecule has 0 saturated carbocycles. The lowest BCUT2D eigenvalue weighted by Crippen LogP contribution is -2.18. The van der Waals surface area contributed by atoms with Gasteiger partial charge < -0.3 is 14.2 Å². The van der Waals surface area contributed by atoms with E-state index in [1.807, 2.05) is 36.0 Å². The quantitative estimate of drug-likeness (QED) is 0.510. The molecule has 6 nitrogen and oxygen atoms in total. The minimum absolute atomic E-state index is 0.790. The van der Waals surface area contributed by atoms with Gasteiger partial charge in [-0.05, 0) is 43.7 Å². The normalized spacial score (nSPS) is 11.4. The van der Waals surface area contributed by atoms with Crippen molar-refractivity contribution in [2.75, 3.05) is 27.7 Å². The predicted molar refractivity (Wildman–Crippen MR) is 109 cm³/mol. The van der Waals surface area contributed by atoms with Crippen LogP contribution in [0.3, 0.4) is 0 Å². The van der Waals surface area contributed by atoms with Crippen molar-refractivity contribution in [1.82, 2.24) is 24.4 Å². The number of ether oxygens (including phenoxy) is 1. The van der Waals surface area contributed by atoms with Crippen molar-refractivity contribution in [2.45, 2.75) is 6.54 Å². The highest BCUT2D eigenvalue weighted by molar-refractivity contribution is 7.17. The number of likely N-dealkylation sites (N-methyl/N-ethyl adjacent to an activating group) is 1. The lowest BCUT2D eigenvalue weighted by molar-refractivity contribution is 0.385. The molecule has 0 aliphatic heterocycles. The molecule has 0 fully saturated rings. The van der Waals surface area contributed by atoms with Gasteiger partial charge in [0.05, 0.1) is 23.0 Å². The van der Waals surface area contributed by atoms with Crippen molar-refractivity contribution in [3.05, 3.63) is 48.4 Å². The van der Waals surface area contributed by atoms with Gasteiger partial charge in [0, 0.05) is 36.6 Å². The summed E-state index contributed by atoms with van der Waals surface area (Å²) in [5, 5.41) is 2.03. The number of aromatic nitrogens is 4. The molecule has 0 saturated heterocycles. The Morgan fingerprint density at radius 1 is 1.15 bits per heavy atom. The Labute approximate surface area is 162 Å². The summed E-state index contributed by atoms with van der Waals surface area (Å²) in [6.07, 6.45) is 5.47. The average Bonchev–Trinajstić information content (AvgIpc) is 3.34. The molecule has 0 aliphatic rings. The molecule has 3 aromatic heterocycles. The highest BCUT2D eigenvalue weighted by atomic mass is 32.1. The molecule has 0 bridgehead atoms. The molecule has 1 aromatic carbocycles. The minimum Gasteiger partial charge on any atom is -0.496 e. The smallest absolute Gasteiger partial charge is 0.139 e. The van der Waals surface area contributed by atoms with E-state index in [-0.39, 0.29) is 0 Å². The monoisotopic (exact) mass is 379 g/mol. The van der Waals surface area contributed by atoms with E-state index in [9.17, 15) is 0 Å². The fraction of sp³-hybridized carbons (Fsp3) is 0.250. The van der Waals surface area contributed by atoms with Gasteiger partial charge in [0.2, 0.25) is 0 Å². The Balaban J connectivity index is 1.81. The molecular weight excluding hydrogens is 358 g/mol. The Bertz CT molecular complexity index is 1070. The summed E-state index contributed by atoms with van der Waals surface area (Å²) in [4.78, 5) is 15.6. The molecule has 0 atom stereocenters. The predicted octanol–water partition coefficient (Wildman–Crippen LogP) is 3.79. The molecule has 0 aliphatic carbocycles. The Morgan fingerprint density at radius 3 is 2.85 bits per heavy atom. The van der Waals surface area contributed by atoms with Crippen LogP contribution >= 0.6 is 11.3 Å². The first-order valence-electron chi connectivity index (χ1n) is 8.70. The number of hydrogen-bond acceptors (Lipinski definition) is 6. The van der Waals surface area contributed by atoms with E-state index in [1.165, 1.54) is 0 Å². The van der Waals surface area contributed by atoms with Gasteiger partial charge in [-0.1, -0.05) is 0 Å². The lowest BCUT2D eigenvalue weighted by Gasteiger charge is -2.14. The third-order valence-electron chi connectivity index (χ3n) is 4.46. The zero-order chi connectivity index (χ0) is 18.8. The van der Waals surface area contributed by atoms with Crippen molar-refractivity contribution in [1.29, 1.82) is 0 Å². The zero-order valence-corrected chi connectivity index (χ0v) is 16.4. The fourth-order valence-electron chi connectivity index (χ4n) is 3.07. The van der Waals surface area contributed by atoms with Gasteiger partial charge in [0.25, 0.3) is 0 Å². The van der Waals surface area contributed by atoms with Crippen LogP contribution in [0.25, 0.3) is 32.9 Å². The summed E-state index contributed by atoms with van der Waals surface area (Å²) in [6.45, 7) is 1.83. The molecule has 0 amide bonds. The molecule has 3 heterocycles. The van der Waals surface area contributed by atoms with E-state index in [0.717, 1.165) is 51.7 Å². The fourth-order valence-corrected chi connectivity index (χ4v) is 3.92. The van der Waals surface area contributed by atoms with Crippen LogP contribution < -0.4 is 4.74 Å². The van der Waals surface area contributed by atoms with E-state index in [0.29, 0.717) is 0 Å². The Hall–Kier alpha value is -2.77. The van der Waals surface area contributed by atoms with Gasteiger partial charge in [-0.2, -0.15) is 0 Å². The lowest BCUT2D eigenvalue weighted by atomic mass is 10.1. The molecule has 0 radical (unpaired) electrons. The molecule has 0 N–H and O–H groups in total. The molecule has 0 spiro atoms. The van der Waals surface area contributed by atoms with Crippen LogP contribution in [-0.2, 0) is 6.54 Å². The average molecular weight is 379 g/mol. The van der Waals surface area contributed by atoms with Crippen molar-refractivity contribution in [2.24, 2.45) is 0 Å². The summed E-state index contributed by atoms with van der Waals surface area (Å²) in [6, 6.07) is 8.14. The van der Waals surface area contributed by atoms with Crippen LogP contribution in [0.15, 0.2) is 48.4 Å². The van der Waals surface area contributed by atoms with Gasteiger partial charge in [-0.25, -0.2) is 15.0 Å². The maximum Gasteiger partial charge on any atom is 0.139 e. The number of rotatable bonds is 6. The molecule has 138 valence electrons. The number of thiophene rings is 1. The standard InChI is InChI=1S/C20H21N5OS/c1-24(2)9-10-25-8-7-21-20(25)14-4-5-17(26-3)15(12-14)18-19-16(6-11-27-19)22-13-23-18/h4-8,11-13H,9-10H2,1-3H3. The maximum atomic E-state index is 5.62. The van der Waals surface area contributed by atoms with E-state index < -0.39 is 0 Å². The molecule has 0 unspecified atom stereocenters. The topological polar surface area (TPSA) is 56.1 Å². The number of imidazole rings is 1. The van der Waals surface area contributed by atoms with Crippen LogP contribution in [0.5, 0.6) is 5.75 Å². The summed E-state index contributed by atoms with van der Waals surface area (Å²) in [5.41, 5.74) is 3.83. The van der Waals surface area contributed by atoms with Gasteiger partial charge in [-0.3, -0.25) is 0 Å². The van der Waals surface area contributed by atoms with Crippen LogP contribution in [0.1, 0.15) is 0 Å². The van der Waals surface area contributed by atoms with Crippen LogP contribution in [0.4, 0.5) is 0 Å². The molecule has 27 heavy (non-hydrogen) atoms. The molecule has 4 aromatic rings. The third kappa shape index (κ3) is 3.43.